The van der Waals surface area contributed by atoms with Crippen molar-refractivity contribution in [2.24, 2.45) is 5.41 Å². The van der Waals surface area contributed by atoms with Crippen LogP contribution >= 0.6 is 11.8 Å². The van der Waals surface area contributed by atoms with Crippen LogP contribution in [0.15, 0.2) is 11.4 Å². The standard InChI is InChI=1S/C20H32N6O2S/c1-5-12-29-19-23-17(25-8-10-28-11-9-25)15-14-22-26(18(15)24-19)7-6-21-16(27)13-20(2,3)4/h14H,5-13H2,1-4H3,(H,21,27). The van der Waals surface area contributed by atoms with Crippen molar-refractivity contribution in [2.75, 3.05) is 43.5 Å². The fourth-order valence-corrected chi connectivity index (χ4v) is 3.89. The van der Waals surface area contributed by atoms with E-state index in [1.165, 1.54) is 0 Å². The lowest BCUT2D eigenvalue weighted by atomic mass is 9.92. The van der Waals surface area contributed by atoms with Crippen LogP contribution in [-0.2, 0) is 16.1 Å². The number of anilines is 1. The normalized spacial score (nSPS) is 15.1. The molecule has 160 valence electrons. The van der Waals surface area contributed by atoms with E-state index in [2.05, 4.69) is 43.0 Å². The van der Waals surface area contributed by atoms with Crippen molar-refractivity contribution in [2.45, 2.75) is 52.2 Å². The number of morpholine rings is 1. The molecule has 8 nitrogen and oxygen atoms in total. The Morgan fingerprint density at radius 3 is 2.72 bits per heavy atom. The van der Waals surface area contributed by atoms with Gasteiger partial charge >= 0.3 is 0 Å². The van der Waals surface area contributed by atoms with Gasteiger partial charge in [0.1, 0.15) is 5.82 Å². The number of thioether (sulfide) groups is 1. The van der Waals surface area contributed by atoms with Crippen molar-refractivity contribution >= 4 is 34.5 Å². The highest BCUT2D eigenvalue weighted by Crippen LogP contribution is 2.28. The monoisotopic (exact) mass is 420 g/mol. The molecule has 1 fully saturated rings. The van der Waals surface area contributed by atoms with Crippen LogP contribution in [0.5, 0.6) is 0 Å². The Labute approximate surface area is 176 Å². The summed E-state index contributed by atoms with van der Waals surface area (Å²) in [4.78, 5) is 23.9. The van der Waals surface area contributed by atoms with Gasteiger partial charge in [0.2, 0.25) is 5.91 Å². The molecule has 1 N–H and O–H groups in total. The van der Waals surface area contributed by atoms with Crippen LogP contribution < -0.4 is 10.2 Å². The van der Waals surface area contributed by atoms with Crippen LogP contribution in [0.2, 0.25) is 0 Å². The minimum absolute atomic E-state index is 0.0197. The van der Waals surface area contributed by atoms with E-state index in [0.29, 0.717) is 32.7 Å². The maximum absolute atomic E-state index is 12.1. The summed E-state index contributed by atoms with van der Waals surface area (Å²) in [5.74, 6) is 1.97. The summed E-state index contributed by atoms with van der Waals surface area (Å²) < 4.78 is 7.36. The molecule has 3 rings (SSSR count). The zero-order valence-electron chi connectivity index (χ0n) is 17.9. The molecule has 1 saturated heterocycles. The van der Waals surface area contributed by atoms with E-state index in [1.807, 2.05) is 10.9 Å². The zero-order valence-corrected chi connectivity index (χ0v) is 18.7. The van der Waals surface area contributed by atoms with Crippen LogP contribution in [0.25, 0.3) is 11.0 Å². The molecule has 0 aliphatic carbocycles. The van der Waals surface area contributed by atoms with Gasteiger partial charge in [-0.25, -0.2) is 14.6 Å². The number of nitrogens with zero attached hydrogens (tertiary/aromatic N) is 5. The topological polar surface area (TPSA) is 85.2 Å². The number of amides is 1. The number of hydrogen-bond donors (Lipinski definition) is 1. The van der Waals surface area contributed by atoms with Gasteiger partial charge in [-0.3, -0.25) is 4.79 Å². The summed E-state index contributed by atoms with van der Waals surface area (Å²) in [6.45, 7) is 12.5. The van der Waals surface area contributed by atoms with Gasteiger partial charge in [0.15, 0.2) is 10.8 Å². The van der Waals surface area contributed by atoms with Gasteiger partial charge in [-0.2, -0.15) is 5.10 Å². The number of carbonyl (C=O) groups is 1. The van der Waals surface area contributed by atoms with E-state index in [1.54, 1.807) is 11.8 Å². The molecule has 0 spiro atoms. The quantitative estimate of drug-likeness (QED) is 0.519. The third-order valence-corrected chi connectivity index (χ3v) is 5.59. The van der Waals surface area contributed by atoms with Crippen molar-refractivity contribution in [3.63, 3.8) is 0 Å². The third kappa shape index (κ3) is 6.05. The lowest BCUT2D eigenvalue weighted by Crippen LogP contribution is -2.37. The molecule has 0 bridgehead atoms. The Balaban J connectivity index is 1.78. The number of nitrogens with one attached hydrogen (secondary N) is 1. The average Bonchev–Trinajstić information content (AvgIpc) is 3.08. The minimum Gasteiger partial charge on any atom is -0.378 e. The Morgan fingerprint density at radius 1 is 1.28 bits per heavy atom. The number of aromatic nitrogens is 4. The van der Waals surface area contributed by atoms with Crippen LogP contribution in [0.1, 0.15) is 40.5 Å². The molecule has 29 heavy (non-hydrogen) atoms. The van der Waals surface area contributed by atoms with E-state index in [9.17, 15) is 4.79 Å². The zero-order chi connectivity index (χ0) is 20.9. The lowest BCUT2D eigenvalue weighted by molar-refractivity contribution is -0.122. The molecule has 0 radical (unpaired) electrons. The van der Waals surface area contributed by atoms with Gasteiger partial charge in [0, 0.05) is 31.8 Å². The van der Waals surface area contributed by atoms with Crippen LogP contribution in [0.3, 0.4) is 0 Å². The molecule has 0 aromatic carbocycles. The van der Waals surface area contributed by atoms with E-state index in [-0.39, 0.29) is 11.3 Å². The molecule has 3 heterocycles. The smallest absolute Gasteiger partial charge is 0.220 e. The highest BCUT2D eigenvalue weighted by atomic mass is 32.2. The Morgan fingerprint density at radius 2 is 2.03 bits per heavy atom. The number of ether oxygens (including phenoxy) is 1. The maximum Gasteiger partial charge on any atom is 0.220 e. The summed E-state index contributed by atoms with van der Waals surface area (Å²) in [5.41, 5.74) is 0.805. The van der Waals surface area contributed by atoms with Gasteiger partial charge in [0.05, 0.1) is 31.3 Å². The van der Waals surface area contributed by atoms with E-state index < -0.39 is 0 Å². The fraction of sp³-hybridized carbons (Fsp3) is 0.700. The number of hydrogen-bond acceptors (Lipinski definition) is 7. The van der Waals surface area contributed by atoms with E-state index in [0.717, 1.165) is 47.3 Å². The molecule has 1 aliphatic rings. The summed E-state index contributed by atoms with van der Waals surface area (Å²) >= 11 is 1.67. The fourth-order valence-electron chi connectivity index (χ4n) is 3.20. The molecular formula is C20H32N6O2S. The predicted octanol–water partition coefficient (Wildman–Crippen LogP) is 2.72. The molecule has 1 amide bonds. The van der Waals surface area contributed by atoms with Crippen molar-refractivity contribution < 1.29 is 9.53 Å². The second-order valence-electron chi connectivity index (χ2n) is 8.47. The number of fused-ring (bicyclic) bond motifs is 1. The van der Waals surface area contributed by atoms with Gasteiger partial charge in [-0.05, 0) is 11.8 Å². The Kier molecular flexibility index (Phi) is 7.34. The molecule has 0 unspecified atom stereocenters. The largest absolute Gasteiger partial charge is 0.378 e. The van der Waals surface area contributed by atoms with Gasteiger partial charge in [0.25, 0.3) is 0 Å². The molecule has 9 heteroatoms. The molecule has 1 aliphatic heterocycles. The average molecular weight is 421 g/mol. The summed E-state index contributed by atoms with van der Waals surface area (Å²) in [7, 11) is 0. The molecular weight excluding hydrogens is 388 g/mol. The summed E-state index contributed by atoms with van der Waals surface area (Å²) in [5, 5.41) is 9.26. The number of rotatable bonds is 8. The SMILES string of the molecule is CCCSc1nc(N2CCOCC2)c2cnn(CCNC(=O)CC(C)(C)C)c2n1. The minimum atomic E-state index is -0.0197. The van der Waals surface area contributed by atoms with Crippen molar-refractivity contribution in [1.82, 2.24) is 25.1 Å². The predicted molar refractivity (Wildman–Crippen MR) is 116 cm³/mol. The summed E-state index contributed by atoms with van der Waals surface area (Å²) in [6.07, 6.45) is 3.41. The Hall–Kier alpha value is -1.87. The van der Waals surface area contributed by atoms with E-state index in [4.69, 9.17) is 14.7 Å². The molecule has 0 saturated carbocycles. The van der Waals surface area contributed by atoms with Gasteiger partial charge in [-0.1, -0.05) is 39.5 Å². The van der Waals surface area contributed by atoms with Crippen molar-refractivity contribution in [3.8, 4) is 0 Å². The second-order valence-corrected chi connectivity index (χ2v) is 9.53. The van der Waals surface area contributed by atoms with Crippen LogP contribution in [-0.4, -0.2) is 64.3 Å². The first-order chi connectivity index (χ1) is 13.9. The van der Waals surface area contributed by atoms with Gasteiger partial charge < -0.3 is 15.0 Å². The molecule has 2 aromatic heterocycles. The maximum atomic E-state index is 12.1. The van der Waals surface area contributed by atoms with Crippen LogP contribution in [0, 0.1) is 5.41 Å². The molecule has 2 aromatic rings. The van der Waals surface area contributed by atoms with Crippen molar-refractivity contribution in [1.29, 1.82) is 0 Å². The lowest BCUT2D eigenvalue weighted by Gasteiger charge is -2.28. The van der Waals surface area contributed by atoms with Gasteiger partial charge in [-0.15, -0.1) is 0 Å². The number of carbonyl (C=O) groups excluding carboxylic acids is 1. The highest BCUT2D eigenvalue weighted by Gasteiger charge is 2.20. The van der Waals surface area contributed by atoms with Crippen LogP contribution in [0.4, 0.5) is 5.82 Å². The van der Waals surface area contributed by atoms with Crippen molar-refractivity contribution in [3.05, 3.63) is 6.20 Å². The summed E-state index contributed by atoms with van der Waals surface area (Å²) in [6, 6.07) is 0. The third-order valence-electron chi connectivity index (χ3n) is 4.54. The first-order valence-corrected chi connectivity index (χ1v) is 11.3. The first kappa shape index (κ1) is 21.8. The van der Waals surface area contributed by atoms with E-state index >= 15 is 0 Å². The second kappa shape index (κ2) is 9.75. The Bertz CT molecular complexity index is 826. The molecule has 0 atom stereocenters. The highest BCUT2D eigenvalue weighted by molar-refractivity contribution is 7.99. The first-order valence-electron chi connectivity index (χ1n) is 10.3.